The topological polar surface area (TPSA) is 40.5 Å². The lowest BCUT2D eigenvalue weighted by Gasteiger charge is -2.39. The highest BCUT2D eigenvalue weighted by Crippen LogP contribution is 2.31. The molecular formula is C9H20O2. The van der Waals surface area contributed by atoms with E-state index in [0.29, 0.717) is 19.3 Å². The van der Waals surface area contributed by atoms with E-state index in [4.69, 9.17) is 0 Å². The van der Waals surface area contributed by atoms with E-state index in [-0.39, 0.29) is 0 Å². The molecule has 68 valence electrons. The minimum Gasteiger partial charge on any atom is -0.387 e. The Morgan fingerprint density at radius 1 is 0.909 bits per heavy atom. The van der Waals surface area contributed by atoms with Gasteiger partial charge in [0.2, 0.25) is 0 Å². The average Bonchev–Trinajstić information content (AvgIpc) is 2.02. The summed E-state index contributed by atoms with van der Waals surface area (Å²) in [5.74, 6) is 0. The summed E-state index contributed by atoms with van der Waals surface area (Å²) in [6.07, 6.45) is 1.79. The fourth-order valence-corrected chi connectivity index (χ4v) is 1.34. The zero-order valence-electron chi connectivity index (χ0n) is 8.02. The smallest absolute Gasteiger partial charge is 0.0925 e. The molecule has 0 saturated carbocycles. The van der Waals surface area contributed by atoms with E-state index < -0.39 is 11.2 Å². The Morgan fingerprint density at radius 2 is 1.27 bits per heavy atom. The van der Waals surface area contributed by atoms with Crippen LogP contribution in [-0.4, -0.2) is 21.4 Å². The van der Waals surface area contributed by atoms with Gasteiger partial charge in [-0.15, -0.1) is 0 Å². The van der Waals surface area contributed by atoms with Gasteiger partial charge in [0.25, 0.3) is 0 Å². The Labute approximate surface area is 69.2 Å². The molecule has 0 rings (SSSR count). The quantitative estimate of drug-likeness (QED) is 0.657. The second-order valence-corrected chi connectivity index (χ2v) is 3.37. The molecule has 0 aromatic carbocycles. The molecule has 11 heavy (non-hydrogen) atoms. The Kier molecular flexibility index (Phi) is 3.52. The molecule has 0 spiro atoms. The van der Waals surface area contributed by atoms with Crippen LogP contribution < -0.4 is 0 Å². The lowest BCUT2D eigenvalue weighted by Crippen LogP contribution is -2.50. The van der Waals surface area contributed by atoms with Crippen LogP contribution in [0.5, 0.6) is 0 Å². The molecule has 0 bridgehead atoms. The molecule has 0 saturated heterocycles. The standard InChI is InChI=1S/C9H20O2/c1-5-8(4,10)9(11,6-2)7-3/h10-11H,5-7H2,1-4H3. The van der Waals surface area contributed by atoms with Gasteiger partial charge in [-0.25, -0.2) is 0 Å². The number of hydrogen-bond acceptors (Lipinski definition) is 2. The zero-order valence-corrected chi connectivity index (χ0v) is 8.02. The van der Waals surface area contributed by atoms with Crippen LogP contribution in [0.1, 0.15) is 47.0 Å². The Balaban J connectivity index is 4.47. The normalized spacial score (nSPS) is 18.0. The zero-order chi connectivity index (χ0) is 9.12. The highest BCUT2D eigenvalue weighted by Gasteiger charge is 2.40. The van der Waals surface area contributed by atoms with Gasteiger partial charge in [-0.2, -0.15) is 0 Å². The average molecular weight is 160 g/mol. The van der Waals surface area contributed by atoms with Crippen LogP contribution in [0.25, 0.3) is 0 Å². The molecule has 0 aliphatic carbocycles. The fraction of sp³-hybridized carbons (Fsp3) is 1.00. The monoisotopic (exact) mass is 160 g/mol. The number of aliphatic hydroxyl groups is 2. The van der Waals surface area contributed by atoms with Crippen LogP contribution in [-0.2, 0) is 0 Å². The molecule has 1 unspecified atom stereocenters. The molecule has 2 heteroatoms. The molecule has 0 heterocycles. The SMILES string of the molecule is CCC(C)(O)C(O)(CC)CC. The molecule has 0 aromatic rings. The van der Waals surface area contributed by atoms with Crippen molar-refractivity contribution in [1.82, 2.24) is 0 Å². The summed E-state index contributed by atoms with van der Waals surface area (Å²) < 4.78 is 0. The second kappa shape index (κ2) is 3.55. The summed E-state index contributed by atoms with van der Waals surface area (Å²) in [6, 6.07) is 0. The van der Waals surface area contributed by atoms with Crippen molar-refractivity contribution >= 4 is 0 Å². The number of rotatable bonds is 4. The van der Waals surface area contributed by atoms with E-state index in [0.717, 1.165) is 0 Å². The molecule has 2 nitrogen and oxygen atoms in total. The van der Waals surface area contributed by atoms with Crippen molar-refractivity contribution in [1.29, 1.82) is 0 Å². The molecule has 0 aliphatic heterocycles. The van der Waals surface area contributed by atoms with Crippen LogP contribution in [0, 0.1) is 0 Å². The van der Waals surface area contributed by atoms with Crippen LogP contribution in [0.4, 0.5) is 0 Å². The van der Waals surface area contributed by atoms with Crippen LogP contribution in [0.15, 0.2) is 0 Å². The van der Waals surface area contributed by atoms with Crippen molar-refractivity contribution in [3.05, 3.63) is 0 Å². The van der Waals surface area contributed by atoms with Crippen molar-refractivity contribution in [2.75, 3.05) is 0 Å². The molecule has 0 amide bonds. The fourth-order valence-electron chi connectivity index (χ4n) is 1.34. The van der Waals surface area contributed by atoms with E-state index in [1.54, 1.807) is 6.92 Å². The van der Waals surface area contributed by atoms with E-state index in [9.17, 15) is 10.2 Å². The minimum atomic E-state index is -0.948. The minimum absolute atomic E-state index is 0.588. The van der Waals surface area contributed by atoms with Crippen molar-refractivity contribution in [3.63, 3.8) is 0 Å². The van der Waals surface area contributed by atoms with Gasteiger partial charge in [-0.05, 0) is 26.2 Å². The van der Waals surface area contributed by atoms with Gasteiger partial charge in [0.05, 0.1) is 11.2 Å². The summed E-state index contributed by atoms with van der Waals surface area (Å²) in [5.41, 5.74) is -1.86. The third kappa shape index (κ3) is 1.94. The predicted octanol–water partition coefficient (Wildman–Crippen LogP) is 1.70. The first kappa shape index (κ1) is 10.9. The largest absolute Gasteiger partial charge is 0.387 e. The van der Waals surface area contributed by atoms with Gasteiger partial charge >= 0.3 is 0 Å². The van der Waals surface area contributed by atoms with Crippen LogP contribution in [0.2, 0.25) is 0 Å². The Hall–Kier alpha value is -0.0800. The Bertz CT molecular complexity index is 115. The Morgan fingerprint density at radius 3 is 1.36 bits per heavy atom. The van der Waals surface area contributed by atoms with Gasteiger partial charge in [-0.1, -0.05) is 20.8 Å². The highest BCUT2D eigenvalue weighted by molar-refractivity contribution is 4.93. The van der Waals surface area contributed by atoms with Crippen molar-refractivity contribution in [3.8, 4) is 0 Å². The molecule has 2 N–H and O–H groups in total. The first-order valence-corrected chi connectivity index (χ1v) is 4.38. The molecule has 0 radical (unpaired) electrons. The molecular weight excluding hydrogens is 140 g/mol. The van der Waals surface area contributed by atoms with Crippen molar-refractivity contribution < 1.29 is 10.2 Å². The van der Waals surface area contributed by atoms with Crippen LogP contribution >= 0.6 is 0 Å². The van der Waals surface area contributed by atoms with Crippen LogP contribution in [0.3, 0.4) is 0 Å². The second-order valence-electron chi connectivity index (χ2n) is 3.37. The number of hydrogen-bond donors (Lipinski definition) is 2. The molecule has 1 atom stereocenters. The van der Waals surface area contributed by atoms with Gasteiger partial charge in [0.1, 0.15) is 0 Å². The molecule has 0 aliphatic rings. The molecule has 0 fully saturated rings. The van der Waals surface area contributed by atoms with E-state index in [1.165, 1.54) is 0 Å². The van der Waals surface area contributed by atoms with Crippen molar-refractivity contribution in [2.24, 2.45) is 0 Å². The lowest BCUT2D eigenvalue weighted by atomic mass is 9.78. The maximum absolute atomic E-state index is 9.91. The summed E-state index contributed by atoms with van der Waals surface area (Å²) >= 11 is 0. The van der Waals surface area contributed by atoms with E-state index >= 15 is 0 Å². The maximum Gasteiger partial charge on any atom is 0.0925 e. The third-order valence-electron chi connectivity index (χ3n) is 2.86. The van der Waals surface area contributed by atoms with Gasteiger partial charge < -0.3 is 10.2 Å². The highest BCUT2D eigenvalue weighted by atomic mass is 16.4. The van der Waals surface area contributed by atoms with Gasteiger partial charge in [-0.3, -0.25) is 0 Å². The first-order valence-electron chi connectivity index (χ1n) is 4.38. The van der Waals surface area contributed by atoms with E-state index in [2.05, 4.69) is 0 Å². The summed E-state index contributed by atoms with van der Waals surface area (Å²) in [7, 11) is 0. The third-order valence-corrected chi connectivity index (χ3v) is 2.86. The summed E-state index contributed by atoms with van der Waals surface area (Å²) in [5, 5.41) is 19.7. The summed E-state index contributed by atoms with van der Waals surface area (Å²) in [4.78, 5) is 0. The van der Waals surface area contributed by atoms with E-state index in [1.807, 2.05) is 20.8 Å². The van der Waals surface area contributed by atoms with Gasteiger partial charge in [0.15, 0.2) is 0 Å². The lowest BCUT2D eigenvalue weighted by molar-refractivity contribution is -0.146. The maximum atomic E-state index is 9.91. The molecule has 0 aromatic heterocycles. The van der Waals surface area contributed by atoms with Crippen molar-refractivity contribution in [2.45, 2.75) is 58.2 Å². The van der Waals surface area contributed by atoms with Gasteiger partial charge in [0, 0.05) is 0 Å². The first-order chi connectivity index (χ1) is 4.93. The summed E-state index contributed by atoms with van der Waals surface area (Å²) in [6.45, 7) is 7.37. The predicted molar refractivity (Wildman–Crippen MR) is 46.4 cm³/mol.